The molecule has 1 N–H and O–H groups in total. The van der Waals surface area contributed by atoms with Crippen LogP contribution in [-0.2, 0) is 0 Å². The largest absolute Gasteiger partial charge is 0.471 e. The van der Waals surface area contributed by atoms with Crippen LogP contribution >= 0.6 is 0 Å². The Labute approximate surface area is 95.6 Å². The van der Waals surface area contributed by atoms with E-state index in [9.17, 15) is 10.1 Å². The molecule has 0 atom stereocenters. The number of nitro groups is 1. The van der Waals surface area contributed by atoms with E-state index in [-0.39, 0.29) is 30.6 Å². The van der Waals surface area contributed by atoms with Crippen LogP contribution in [0.1, 0.15) is 5.69 Å². The minimum Gasteiger partial charge on any atom is -0.471 e. The van der Waals surface area contributed by atoms with Crippen molar-refractivity contribution in [2.45, 2.75) is 6.92 Å². The third kappa shape index (κ3) is 2.16. The summed E-state index contributed by atoms with van der Waals surface area (Å²) in [6.45, 7) is 1.63. The Morgan fingerprint density at radius 1 is 1.53 bits per heavy atom. The van der Waals surface area contributed by atoms with Crippen molar-refractivity contribution in [3.05, 3.63) is 28.2 Å². The van der Waals surface area contributed by atoms with Crippen LogP contribution in [0.2, 0.25) is 0 Å². The standard InChI is InChI=1S/C9H10N4O4/c1-6-4-12-5-7(13(15)16)11-8(12)9(10-6)17-3-2-14/h4-5,14H,2-3H2,1H3. The summed E-state index contributed by atoms with van der Waals surface area (Å²) in [5.41, 5.74) is 0.897. The molecule has 2 aromatic heterocycles. The van der Waals surface area contributed by atoms with Crippen LogP contribution in [0.25, 0.3) is 5.65 Å². The highest BCUT2D eigenvalue weighted by Crippen LogP contribution is 2.20. The molecule has 17 heavy (non-hydrogen) atoms. The van der Waals surface area contributed by atoms with Gasteiger partial charge in [0.1, 0.15) is 12.8 Å². The number of aromatic nitrogens is 3. The number of ether oxygens (including phenoxy) is 1. The maximum Gasteiger partial charge on any atom is 0.382 e. The van der Waals surface area contributed by atoms with Gasteiger partial charge < -0.3 is 20.0 Å². The van der Waals surface area contributed by atoms with Crippen molar-refractivity contribution in [2.75, 3.05) is 13.2 Å². The first-order valence-corrected chi connectivity index (χ1v) is 4.86. The van der Waals surface area contributed by atoms with Gasteiger partial charge in [-0.15, -0.1) is 0 Å². The van der Waals surface area contributed by atoms with Crippen molar-refractivity contribution < 1.29 is 14.8 Å². The first kappa shape index (κ1) is 11.3. The molecule has 8 heteroatoms. The van der Waals surface area contributed by atoms with Gasteiger partial charge in [-0.1, -0.05) is 0 Å². The van der Waals surface area contributed by atoms with Crippen LogP contribution in [0.3, 0.4) is 0 Å². The topological polar surface area (TPSA) is 103 Å². The predicted molar refractivity (Wildman–Crippen MR) is 57.0 cm³/mol. The Bertz CT molecular complexity index is 565. The summed E-state index contributed by atoms with van der Waals surface area (Å²) in [5, 5.41) is 19.3. The summed E-state index contributed by atoms with van der Waals surface area (Å²) in [6, 6.07) is 0. The van der Waals surface area contributed by atoms with Crippen LogP contribution in [-0.4, -0.2) is 37.6 Å². The van der Waals surface area contributed by atoms with Crippen LogP contribution in [0.5, 0.6) is 5.88 Å². The summed E-state index contributed by atoms with van der Waals surface area (Å²) < 4.78 is 6.65. The smallest absolute Gasteiger partial charge is 0.382 e. The number of nitrogens with zero attached hydrogens (tertiary/aromatic N) is 4. The molecule has 0 aliphatic heterocycles. The molecular weight excluding hydrogens is 228 g/mol. The monoisotopic (exact) mass is 238 g/mol. The first-order chi connectivity index (χ1) is 8.11. The van der Waals surface area contributed by atoms with Gasteiger partial charge in [-0.25, -0.2) is 4.98 Å². The van der Waals surface area contributed by atoms with Crippen LogP contribution in [0.15, 0.2) is 12.4 Å². The Morgan fingerprint density at radius 2 is 2.29 bits per heavy atom. The molecule has 0 aromatic carbocycles. The second kappa shape index (κ2) is 4.34. The van der Waals surface area contributed by atoms with Gasteiger partial charge in [0.25, 0.3) is 5.88 Å². The number of aliphatic hydroxyl groups is 1. The molecule has 8 nitrogen and oxygen atoms in total. The average Bonchev–Trinajstić information content (AvgIpc) is 2.69. The number of aliphatic hydroxyl groups excluding tert-OH is 1. The van der Waals surface area contributed by atoms with Crippen LogP contribution in [0.4, 0.5) is 5.82 Å². The molecule has 0 saturated carbocycles. The number of hydrogen-bond acceptors (Lipinski definition) is 6. The lowest BCUT2D eigenvalue weighted by molar-refractivity contribution is -0.389. The van der Waals surface area contributed by atoms with Crippen molar-refractivity contribution >= 4 is 11.5 Å². The molecule has 0 bridgehead atoms. The molecule has 90 valence electrons. The fraction of sp³-hybridized carbons (Fsp3) is 0.333. The molecule has 0 amide bonds. The molecule has 2 aromatic rings. The second-order valence-corrected chi connectivity index (χ2v) is 3.35. The fourth-order valence-electron chi connectivity index (χ4n) is 1.40. The Balaban J connectivity index is 2.53. The van der Waals surface area contributed by atoms with Crippen molar-refractivity contribution in [1.82, 2.24) is 14.4 Å². The van der Waals surface area contributed by atoms with E-state index in [1.54, 1.807) is 13.1 Å². The maximum atomic E-state index is 10.6. The molecule has 0 saturated heterocycles. The quantitative estimate of drug-likeness (QED) is 0.607. The van der Waals surface area contributed by atoms with E-state index in [2.05, 4.69) is 9.97 Å². The van der Waals surface area contributed by atoms with Crippen molar-refractivity contribution in [2.24, 2.45) is 0 Å². The zero-order valence-electron chi connectivity index (χ0n) is 9.03. The number of hydrogen-bond donors (Lipinski definition) is 1. The van der Waals surface area contributed by atoms with Gasteiger partial charge in [0, 0.05) is 6.20 Å². The number of aryl methyl sites for hydroxylation is 1. The molecule has 2 rings (SSSR count). The average molecular weight is 238 g/mol. The van der Waals surface area contributed by atoms with E-state index in [0.717, 1.165) is 0 Å². The zero-order chi connectivity index (χ0) is 12.4. The van der Waals surface area contributed by atoms with Gasteiger partial charge in [-0.3, -0.25) is 4.40 Å². The lowest BCUT2D eigenvalue weighted by Crippen LogP contribution is -2.05. The molecular formula is C9H10N4O4. The zero-order valence-corrected chi connectivity index (χ0v) is 9.03. The fourth-order valence-corrected chi connectivity index (χ4v) is 1.40. The number of rotatable bonds is 4. The highest BCUT2D eigenvalue weighted by Gasteiger charge is 2.19. The van der Waals surface area contributed by atoms with E-state index in [1.165, 1.54) is 10.6 Å². The van der Waals surface area contributed by atoms with Crippen molar-refractivity contribution in [1.29, 1.82) is 0 Å². The first-order valence-electron chi connectivity index (χ1n) is 4.86. The maximum absolute atomic E-state index is 10.6. The Morgan fingerprint density at radius 3 is 2.94 bits per heavy atom. The molecule has 0 spiro atoms. The van der Waals surface area contributed by atoms with Gasteiger partial charge in [0.05, 0.1) is 12.3 Å². The van der Waals surface area contributed by atoms with Gasteiger partial charge in [-0.05, 0) is 16.8 Å². The van der Waals surface area contributed by atoms with E-state index >= 15 is 0 Å². The van der Waals surface area contributed by atoms with E-state index in [0.29, 0.717) is 5.69 Å². The number of fused-ring (bicyclic) bond motifs is 1. The van der Waals surface area contributed by atoms with Gasteiger partial charge >= 0.3 is 11.5 Å². The Hall–Kier alpha value is -2.22. The highest BCUT2D eigenvalue weighted by atomic mass is 16.6. The highest BCUT2D eigenvalue weighted by molar-refractivity contribution is 5.53. The summed E-state index contributed by atoms with van der Waals surface area (Å²) in [6.07, 6.45) is 2.90. The third-order valence-corrected chi connectivity index (χ3v) is 2.03. The minimum absolute atomic E-state index is 0.0623. The van der Waals surface area contributed by atoms with Crippen molar-refractivity contribution in [3.8, 4) is 5.88 Å². The molecule has 0 aliphatic carbocycles. The summed E-state index contributed by atoms with van der Waals surface area (Å²) in [4.78, 5) is 17.9. The SMILES string of the molecule is Cc1cn2cc([N+](=O)[O-])nc2c(OCCO)n1. The second-order valence-electron chi connectivity index (χ2n) is 3.35. The Kier molecular flexibility index (Phi) is 2.88. The lowest BCUT2D eigenvalue weighted by Gasteiger charge is -2.03. The molecule has 0 unspecified atom stereocenters. The third-order valence-electron chi connectivity index (χ3n) is 2.03. The van der Waals surface area contributed by atoms with E-state index in [1.807, 2.05) is 0 Å². The van der Waals surface area contributed by atoms with E-state index < -0.39 is 4.92 Å². The molecule has 0 fully saturated rings. The summed E-state index contributed by atoms with van der Waals surface area (Å²) in [5.74, 6) is -0.0987. The number of imidazole rings is 1. The predicted octanol–water partition coefficient (Wildman–Crippen LogP) is 0.317. The van der Waals surface area contributed by atoms with Gasteiger partial charge in [0.2, 0.25) is 0 Å². The molecule has 2 heterocycles. The van der Waals surface area contributed by atoms with Gasteiger partial charge in [-0.2, -0.15) is 0 Å². The van der Waals surface area contributed by atoms with Crippen LogP contribution < -0.4 is 4.74 Å². The summed E-state index contributed by atoms with van der Waals surface area (Å²) in [7, 11) is 0. The minimum atomic E-state index is -0.585. The van der Waals surface area contributed by atoms with E-state index in [4.69, 9.17) is 9.84 Å². The normalized spacial score (nSPS) is 10.7. The lowest BCUT2D eigenvalue weighted by atomic mass is 10.5. The molecule has 0 aliphatic rings. The van der Waals surface area contributed by atoms with Gasteiger partial charge in [0.15, 0.2) is 0 Å². The van der Waals surface area contributed by atoms with Crippen LogP contribution in [0, 0.1) is 17.0 Å². The van der Waals surface area contributed by atoms with Crippen molar-refractivity contribution in [3.63, 3.8) is 0 Å². The molecule has 0 radical (unpaired) electrons. The summed E-state index contributed by atoms with van der Waals surface area (Å²) >= 11 is 0.